The zero-order valence-electron chi connectivity index (χ0n) is 11.1. The summed E-state index contributed by atoms with van der Waals surface area (Å²) in [5.41, 5.74) is -0.499. The first-order chi connectivity index (χ1) is 6.84. The third-order valence-corrected chi connectivity index (χ3v) is 3.64. The Balaban J connectivity index is 4.14. The minimum atomic E-state index is -0.499. The van der Waals surface area contributed by atoms with E-state index in [0.29, 0.717) is 17.8 Å². The average Bonchev–Trinajstić information content (AvgIpc) is 2.16. The van der Waals surface area contributed by atoms with Crippen LogP contribution in [0.25, 0.3) is 0 Å². The molecule has 0 spiro atoms. The molecule has 0 bridgehead atoms. The van der Waals surface area contributed by atoms with Gasteiger partial charge in [0.25, 0.3) is 0 Å². The summed E-state index contributed by atoms with van der Waals surface area (Å²) in [6.07, 6.45) is 5.11. The molecule has 90 valence electrons. The Morgan fingerprint density at radius 2 is 1.60 bits per heavy atom. The first kappa shape index (κ1) is 14.7. The van der Waals surface area contributed by atoms with E-state index in [1.807, 2.05) is 6.08 Å². The molecular weight excluding hydrogens is 184 g/mol. The molecule has 0 aliphatic heterocycles. The second-order valence-corrected chi connectivity index (χ2v) is 5.41. The molecule has 0 saturated carbocycles. The highest BCUT2D eigenvalue weighted by Gasteiger charge is 2.33. The predicted octanol–water partition coefficient (Wildman–Crippen LogP) is 4.02. The topological polar surface area (TPSA) is 20.2 Å². The number of rotatable bonds is 7. The van der Waals surface area contributed by atoms with Crippen molar-refractivity contribution in [3.05, 3.63) is 12.7 Å². The number of aliphatic hydroxyl groups is 1. The van der Waals surface area contributed by atoms with Gasteiger partial charge in [-0.3, -0.25) is 0 Å². The molecule has 0 amide bonds. The number of hydrogen-bond acceptors (Lipinski definition) is 1. The zero-order chi connectivity index (χ0) is 12.1. The maximum Gasteiger partial charge on any atom is 0.0693 e. The fraction of sp³-hybridized carbons (Fsp3) is 0.857. The van der Waals surface area contributed by atoms with E-state index in [1.54, 1.807) is 0 Å². The van der Waals surface area contributed by atoms with Gasteiger partial charge in [-0.1, -0.05) is 40.7 Å². The highest BCUT2D eigenvalue weighted by Crippen LogP contribution is 2.31. The molecule has 0 radical (unpaired) electrons. The van der Waals surface area contributed by atoms with Crippen molar-refractivity contribution in [2.24, 2.45) is 17.8 Å². The van der Waals surface area contributed by atoms with Crippen LogP contribution in [0.4, 0.5) is 0 Å². The van der Waals surface area contributed by atoms with Gasteiger partial charge in [-0.2, -0.15) is 0 Å². The molecule has 1 unspecified atom stereocenters. The fourth-order valence-corrected chi connectivity index (χ4v) is 2.07. The van der Waals surface area contributed by atoms with Gasteiger partial charge in [0.05, 0.1) is 5.60 Å². The molecule has 0 aromatic heterocycles. The van der Waals surface area contributed by atoms with E-state index in [4.69, 9.17) is 0 Å². The fourth-order valence-electron chi connectivity index (χ4n) is 2.07. The zero-order valence-corrected chi connectivity index (χ0v) is 11.1. The molecule has 0 aromatic carbocycles. The third kappa shape index (κ3) is 4.38. The molecule has 0 saturated heterocycles. The molecule has 0 rings (SSSR count). The van der Waals surface area contributed by atoms with Crippen LogP contribution in [0.15, 0.2) is 12.7 Å². The molecule has 0 heterocycles. The van der Waals surface area contributed by atoms with Crippen LogP contribution in [0.2, 0.25) is 0 Å². The van der Waals surface area contributed by atoms with Crippen LogP contribution in [-0.2, 0) is 0 Å². The van der Waals surface area contributed by atoms with Crippen molar-refractivity contribution in [1.29, 1.82) is 0 Å². The lowest BCUT2D eigenvalue weighted by atomic mass is 9.76. The second-order valence-electron chi connectivity index (χ2n) is 5.41. The van der Waals surface area contributed by atoms with Crippen molar-refractivity contribution in [3.8, 4) is 0 Å². The Kier molecular flexibility index (Phi) is 6.19. The minimum absolute atomic E-state index is 0.330. The number of allylic oxidation sites excluding steroid dienone is 1. The summed E-state index contributed by atoms with van der Waals surface area (Å²) in [6.45, 7) is 14.4. The summed E-state index contributed by atoms with van der Waals surface area (Å²) >= 11 is 0. The van der Waals surface area contributed by atoms with Crippen LogP contribution in [-0.4, -0.2) is 10.7 Å². The van der Waals surface area contributed by atoms with E-state index in [1.165, 1.54) is 0 Å². The van der Waals surface area contributed by atoms with Gasteiger partial charge in [-0.05, 0) is 37.0 Å². The lowest BCUT2D eigenvalue weighted by molar-refractivity contribution is -0.0558. The summed E-state index contributed by atoms with van der Waals surface area (Å²) < 4.78 is 0. The maximum absolute atomic E-state index is 10.5. The van der Waals surface area contributed by atoms with Gasteiger partial charge < -0.3 is 5.11 Å². The summed E-state index contributed by atoms with van der Waals surface area (Å²) in [4.78, 5) is 0. The Hall–Kier alpha value is -0.300. The van der Waals surface area contributed by atoms with Gasteiger partial charge in [0.2, 0.25) is 0 Å². The first-order valence-corrected chi connectivity index (χ1v) is 6.19. The summed E-state index contributed by atoms with van der Waals surface area (Å²) in [5.74, 6) is 1.22. The lowest BCUT2D eigenvalue weighted by Crippen LogP contribution is -2.40. The van der Waals surface area contributed by atoms with Crippen molar-refractivity contribution in [2.75, 3.05) is 0 Å². The van der Waals surface area contributed by atoms with Crippen molar-refractivity contribution in [3.63, 3.8) is 0 Å². The Labute approximate surface area is 95.6 Å². The van der Waals surface area contributed by atoms with Crippen LogP contribution in [0, 0.1) is 17.8 Å². The van der Waals surface area contributed by atoms with E-state index in [9.17, 15) is 5.11 Å². The molecule has 0 aliphatic rings. The second kappa shape index (κ2) is 6.32. The molecular formula is C14H28O. The Bertz CT molecular complexity index is 174. The van der Waals surface area contributed by atoms with Crippen molar-refractivity contribution < 1.29 is 5.11 Å². The van der Waals surface area contributed by atoms with Gasteiger partial charge in [-0.15, -0.1) is 6.58 Å². The van der Waals surface area contributed by atoms with E-state index in [0.717, 1.165) is 19.3 Å². The normalized spacial score (nSPS) is 14.7. The van der Waals surface area contributed by atoms with Crippen LogP contribution >= 0.6 is 0 Å². The molecule has 0 aliphatic carbocycles. The Morgan fingerprint density at radius 3 is 1.93 bits per heavy atom. The van der Waals surface area contributed by atoms with Crippen molar-refractivity contribution >= 4 is 0 Å². The molecule has 15 heavy (non-hydrogen) atoms. The van der Waals surface area contributed by atoms with E-state index in [2.05, 4.69) is 41.2 Å². The van der Waals surface area contributed by atoms with Gasteiger partial charge in [0.15, 0.2) is 0 Å². The van der Waals surface area contributed by atoms with Gasteiger partial charge in [-0.25, -0.2) is 0 Å². The summed E-state index contributed by atoms with van der Waals surface area (Å²) in [5, 5.41) is 10.5. The van der Waals surface area contributed by atoms with Crippen LogP contribution in [0.1, 0.15) is 53.9 Å². The maximum atomic E-state index is 10.5. The largest absolute Gasteiger partial charge is 0.389 e. The summed E-state index contributed by atoms with van der Waals surface area (Å²) in [7, 11) is 0. The monoisotopic (exact) mass is 212 g/mol. The van der Waals surface area contributed by atoms with E-state index >= 15 is 0 Å². The third-order valence-electron chi connectivity index (χ3n) is 3.64. The summed E-state index contributed by atoms with van der Waals surface area (Å²) in [6, 6.07) is 0. The predicted molar refractivity (Wildman–Crippen MR) is 67.8 cm³/mol. The first-order valence-electron chi connectivity index (χ1n) is 6.19. The van der Waals surface area contributed by atoms with Crippen LogP contribution < -0.4 is 0 Å². The van der Waals surface area contributed by atoms with Gasteiger partial charge >= 0.3 is 0 Å². The molecule has 1 nitrogen and oxygen atoms in total. The molecule has 1 N–H and O–H groups in total. The standard InChI is InChI=1S/C14H28O/c1-7-13(6)9-8-10-14(15,11(2)3)12(4)5/h7,11-13,15H,1,8-10H2,2-6H3. The SMILES string of the molecule is C=CC(C)CCCC(O)(C(C)C)C(C)C. The van der Waals surface area contributed by atoms with E-state index < -0.39 is 5.60 Å². The van der Waals surface area contributed by atoms with Crippen LogP contribution in [0.3, 0.4) is 0 Å². The number of hydrogen-bond donors (Lipinski definition) is 1. The average molecular weight is 212 g/mol. The quantitative estimate of drug-likeness (QED) is 0.632. The minimum Gasteiger partial charge on any atom is -0.389 e. The highest BCUT2D eigenvalue weighted by molar-refractivity contribution is 4.86. The lowest BCUT2D eigenvalue weighted by Gasteiger charge is -2.36. The highest BCUT2D eigenvalue weighted by atomic mass is 16.3. The van der Waals surface area contributed by atoms with E-state index in [-0.39, 0.29) is 0 Å². The Morgan fingerprint density at radius 1 is 1.13 bits per heavy atom. The molecule has 0 fully saturated rings. The molecule has 0 aromatic rings. The van der Waals surface area contributed by atoms with Crippen LogP contribution in [0.5, 0.6) is 0 Å². The molecule has 1 heteroatoms. The van der Waals surface area contributed by atoms with Crippen molar-refractivity contribution in [1.82, 2.24) is 0 Å². The smallest absolute Gasteiger partial charge is 0.0693 e. The molecule has 1 atom stereocenters. The van der Waals surface area contributed by atoms with Gasteiger partial charge in [0, 0.05) is 0 Å². The van der Waals surface area contributed by atoms with Gasteiger partial charge in [0.1, 0.15) is 0 Å². The van der Waals surface area contributed by atoms with Crippen molar-refractivity contribution in [2.45, 2.75) is 59.5 Å².